The second-order valence-electron chi connectivity index (χ2n) is 2.73. The van der Waals surface area contributed by atoms with E-state index < -0.39 is 0 Å². The minimum absolute atomic E-state index is 0. The first kappa shape index (κ1) is 13.2. The van der Waals surface area contributed by atoms with Gasteiger partial charge in [0.05, 0.1) is 0 Å². The fourth-order valence-electron chi connectivity index (χ4n) is 1.26. The van der Waals surface area contributed by atoms with Crippen LogP contribution in [0.4, 0.5) is 0 Å². The van der Waals surface area contributed by atoms with Crippen molar-refractivity contribution in [2.24, 2.45) is 0 Å². The predicted molar refractivity (Wildman–Crippen MR) is 73.4 cm³/mol. The second kappa shape index (κ2) is 6.64. The van der Waals surface area contributed by atoms with Gasteiger partial charge in [0.2, 0.25) is 0 Å². The van der Waals surface area contributed by atoms with Crippen LogP contribution in [0.3, 0.4) is 0 Å². The zero-order chi connectivity index (χ0) is 8.23. The molecular weight excluding hydrogens is 207 g/mol. The summed E-state index contributed by atoms with van der Waals surface area (Å²) in [5.41, 5.74) is 2.55. The number of rotatable bonds is 1. The standard InChI is InChI=1S/C12H10.H3P.H2S/c1-3-7-11(8-4-1)12-9-5-2-6-10-12;;/h1-10H;1H3;1H2. The Kier molecular flexibility index (Phi) is 6.27. The number of hydrogen-bond acceptors (Lipinski definition) is 0. The van der Waals surface area contributed by atoms with Gasteiger partial charge in [0.1, 0.15) is 0 Å². The molecular formula is C12H15PS. The van der Waals surface area contributed by atoms with Crippen molar-refractivity contribution < 1.29 is 0 Å². The SMILES string of the molecule is P.S.c1ccc(-c2ccccc2)cc1. The van der Waals surface area contributed by atoms with E-state index in [0.717, 1.165) is 0 Å². The van der Waals surface area contributed by atoms with Crippen LogP contribution in [0.15, 0.2) is 60.7 Å². The normalized spacial score (nSPS) is 8.29. The molecule has 2 aromatic rings. The fraction of sp³-hybridized carbons (Fsp3) is 0. The smallest absolute Gasteiger partial charge is 0.0184 e. The summed E-state index contributed by atoms with van der Waals surface area (Å²) in [6.45, 7) is 0. The summed E-state index contributed by atoms with van der Waals surface area (Å²) < 4.78 is 0. The van der Waals surface area contributed by atoms with Gasteiger partial charge in [0.25, 0.3) is 0 Å². The predicted octanol–water partition coefficient (Wildman–Crippen LogP) is 3.52. The first-order valence-corrected chi connectivity index (χ1v) is 4.07. The maximum atomic E-state index is 2.12. The van der Waals surface area contributed by atoms with E-state index in [1.807, 2.05) is 12.1 Å². The average Bonchev–Trinajstić information content (AvgIpc) is 2.21. The molecule has 0 nitrogen and oxygen atoms in total. The number of hydrogen-bond donors (Lipinski definition) is 0. The van der Waals surface area contributed by atoms with Gasteiger partial charge < -0.3 is 0 Å². The Hall–Kier alpha value is -0.780. The van der Waals surface area contributed by atoms with Crippen LogP contribution >= 0.6 is 23.4 Å². The summed E-state index contributed by atoms with van der Waals surface area (Å²) in [6.07, 6.45) is 0. The molecule has 0 bridgehead atoms. The molecule has 0 aliphatic rings. The molecule has 14 heavy (non-hydrogen) atoms. The van der Waals surface area contributed by atoms with Crippen molar-refractivity contribution in [2.75, 3.05) is 0 Å². The summed E-state index contributed by atoms with van der Waals surface area (Å²) in [7, 11) is 0. The molecule has 74 valence electrons. The van der Waals surface area contributed by atoms with Crippen molar-refractivity contribution in [3.8, 4) is 11.1 Å². The molecule has 0 saturated heterocycles. The lowest BCUT2D eigenvalue weighted by Crippen LogP contribution is -1.73. The van der Waals surface area contributed by atoms with Crippen LogP contribution < -0.4 is 0 Å². The Labute approximate surface area is 95.4 Å². The minimum atomic E-state index is 0. The van der Waals surface area contributed by atoms with Crippen LogP contribution in [0.25, 0.3) is 11.1 Å². The van der Waals surface area contributed by atoms with Gasteiger partial charge in [-0.2, -0.15) is 23.4 Å². The molecule has 2 rings (SSSR count). The molecule has 0 aliphatic heterocycles. The molecule has 0 spiro atoms. The van der Waals surface area contributed by atoms with Crippen LogP contribution in [-0.4, -0.2) is 0 Å². The molecule has 1 unspecified atom stereocenters. The first-order valence-electron chi connectivity index (χ1n) is 4.07. The zero-order valence-corrected chi connectivity index (χ0v) is 10.4. The molecule has 1 atom stereocenters. The number of benzene rings is 2. The highest BCUT2D eigenvalue weighted by Crippen LogP contribution is 2.17. The Bertz CT molecular complexity index is 308. The minimum Gasteiger partial charge on any atom is -0.197 e. The largest absolute Gasteiger partial charge is 0.197 e. The lowest BCUT2D eigenvalue weighted by atomic mass is 10.1. The Morgan fingerprint density at radius 2 is 0.786 bits per heavy atom. The van der Waals surface area contributed by atoms with Crippen molar-refractivity contribution >= 4 is 23.4 Å². The van der Waals surface area contributed by atoms with Crippen LogP contribution in [0.2, 0.25) is 0 Å². The van der Waals surface area contributed by atoms with Crippen LogP contribution in [0.1, 0.15) is 0 Å². The van der Waals surface area contributed by atoms with Gasteiger partial charge in [-0.3, -0.25) is 0 Å². The molecule has 0 fully saturated rings. The van der Waals surface area contributed by atoms with Crippen LogP contribution in [-0.2, 0) is 0 Å². The molecule has 0 heterocycles. The Morgan fingerprint density at radius 1 is 0.500 bits per heavy atom. The van der Waals surface area contributed by atoms with E-state index in [-0.39, 0.29) is 23.4 Å². The Balaban J connectivity index is 0.000000845. The molecule has 2 heteroatoms. The molecule has 0 saturated carbocycles. The van der Waals surface area contributed by atoms with Gasteiger partial charge in [0.15, 0.2) is 0 Å². The maximum absolute atomic E-state index is 2.12. The van der Waals surface area contributed by atoms with E-state index in [4.69, 9.17) is 0 Å². The topological polar surface area (TPSA) is 0 Å². The van der Waals surface area contributed by atoms with Crippen molar-refractivity contribution in [2.45, 2.75) is 0 Å². The van der Waals surface area contributed by atoms with E-state index >= 15 is 0 Å². The van der Waals surface area contributed by atoms with Gasteiger partial charge in [0, 0.05) is 0 Å². The molecule has 0 amide bonds. The quantitative estimate of drug-likeness (QED) is 0.647. The molecule has 0 aliphatic carbocycles. The zero-order valence-electron chi connectivity index (χ0n) is 7.98. The highest BCUT2D eigenvalue weighted by Gasteiger charge is 1.91. The Morgan fingerprint density at radius 3 is 1.07 bits per heavy atom. The van der Waals surface area contributed by atoms with Crippen molar-refractivity contribution in [1.29, 1.82) is 0 Å². The molecule has 0 N–H and O–H groups in total. The van der Waals surface area contributed by atoms with Crippen molar-refractivity contribution in [1.82, 2.24) is 0 Å². The lowest BCUT2D eigenvalue weighted by Gasteiger charge is -1.98. The van der Waals surface area contributed by atoms with Crippen LogP contribution in [0.5, 0.6) is 0 Å². The highest BCUT2D eigenvalue weighted by atomic mass is 32.1. The van der Waals surface area contributed by atoms with E-state index in [1.54, 1.807) is 0 Å². The fourth-order valence-corrected chi connectivity index (χ4v) is 1.26. The first-order chi connectivity index (χ1) is 5.97. The maximum Gasteiger partial charge on any atom is -0.0184 e. The summed E-state index contributed by atoms with van der Waals surface area (Å²) in [5, 5.41) is 0. The van der Waals surface area contributed by atoms with Crippen molar-refractivity contribution in [3.63, 3.8) is 0 Å². The summed E-state index contributed by atoms with van der Waals surface area (Å²) in [5.74, 6) is 0. The van der Waals surface area contributed by atoms with E-state index in [1.165, 1.54) is 11.1 Å². The second-order valence-corrected chi connectivity index (χ2v) is 2.73. The summed E-state index contributed by atoms with van der Waals surface area (Å²) >= 11 is 0. The summed E-state index contributed by atoms with van der Waals surface area (Å²) in [4.78, 5) is 0. The molecule has 0 radical (unpaired) electrons. The molecule has 2 aromatic carbocycles. The van der Waals surface area contributed by atoms with E-state index in [2.05, 4.69) is 48.5 Å². The van der Waals surface area contributed by atoms with Gasteiger partial charge in [-0.25, -0.2) is 0 Å². The summed E-state index contributed by atoms with van der Waals surface area (Å²) in [6, 6.07) is 20.8. The van der Waals surface area contributed by atoms with Gasteiger partial charge in [-0.05, 0) is 11.1 Å². The van der Waals surface area contributed by atoms with Gasteiger partial charge >= 0.3 is 0 Å². The van der Waals surface area contributed by atoms with E-state index in [0.29, 0.717) is 0 Å². The lowest BCUT2D eigenvalue weighted by molar-refractivity contribution is 1.62. The third kappa shape index (κ3) is 3.17. The monoisotopic (exact) mass is 222 g/mol. The van der Waals surface area contributed by atoms with Crippen LogP contribution in [0, 0.1) is 0 Å². The average molecular weight is 222 g/mol. The third-order valence-electron chi connectivity index (χ3n) is 1.88. The van der Waals surface area contributed by atoms with E-state index in [9.17, 15) is 0 Å². The highest BCUT2D eigenvalue weighted by molar-refractivity contribution is 7.59. The third-order valence-corrected chi connectivity index (χ3v) is 1.88. The van der Waals surface area contributed by atoms with Crippen molar-refractivity contribution in [3.05, 3.63) is 60.7 Å². The van der Waals surface area contributed by atoms with Gasteiger partial charge in [-0.15, -0.1) is 0 Å². The van der Waals surface area contributed by atoms with Gasteiger partial charge in [-0.1, -0.05) is 60.7 Å². The molecule has 0 aromatic heterocycles.